The molecule has 1 aliphatic heterocycles. The van der Waals surface area contributed by atoms with Crippen molar-refractivity contribution < 1.29 is 4.79 Å². The number of hydrogen-bond donors (Lipinski definition) is 1. The number of aryl methyl sites for hydroxylation is 3. The maximum absolute atomic E-state index is 13.6. The molecule has 0 atom stereocenters. The molecule has 1 N–H and O–H groups in total. The van der Waals surface area contributed by atoms with Crippen molar-refractivity contribution >= 4 is 40.3 Å². The molecule has 33 heavy (non-hydrogen) atoms. The second kappa shape index (κ2) is 8.45. The van der Waals surface area contributed by atoms with Crippen LogP contribution in [-0.2, 0) is 17.6 Å². The highest BCUT2D eigenvalue weighted by Gasteiger charge is 2.59. The van der Waals surface area contributed by atoms with Gasteiger partial charge in [0.05, 0.1) is 6.57 Å². The third-order valence-electron chi connectivity index (χ3n) is 6.78. The number of amides is 1. The van der Waals surface area contributed by atoms with Crippen molar-refractivity contribution in [3.8, 4) is 0 Å². The number of carbonyl (C=O) groups excluding carboxylic acids is 1. The van der Waals surface area contributed by atoms with Crippen LogP contribution in [0.15, 0.2) is 54.9 Å². The Morgan fingerprint density at radius 2 is 1.91 bits per heavy atom. The van der Waals surface area contributed by atoms with Gasteiger partial charge in [-0.15, -0.1) is 0 Å². The number of aromatic amines is 1. The Labute approximate surface area is 199 Å². The van der Waals surface area contributed by atoms with Gasteiger partial charge in [-0.3, -0.25) is 9.69 Å². The first-order valence-electron chi connectivity index (χ1n) is 11.3. The number of aromatic nitrogens is 2. The molecule has 2 heterocycles. The van der Waals surface area contributed by atoms with Crippen molar-refractivity contribution in [2.75, 3.05) is 9.80 Å². The van der Waals surface area contributed by atoms with Gasteiger partial charge in [-0.05, 0) is 86.6 Å². The van der Waals surface area contributed by atoms with E-state index in [1.807, 2.05) is 25.3 Å². The zero-order valence-electron chi connectivity index (χ0n) is 18.5. The van der Waals surface area contributed by atoms with E-state index in [2.05, 4.69) is 44.0 Å². The number of benzene rings is 2. The van der Waals surface area contributed by atoms with Gasteiger partial charge < -0.3 is 9.88 Å². The quantitative estimate of drug-likeness (QED) is 0.394. The third-order valence-corrected chi connectivity index (χ3v) is 7.15. The first kappa shape index (κ1) is 21.4. The number of imidazole rings is 1. The van der Waals surface area contributed by atoms with E-state index in [1.54, 1.807) is 17.2 Å². The molecule has 0 unspecified atom stereocenters. The fraction of sp³-hybridized carbons (Fsp3) is 0.308. The van der Waals surface area contributed by atoms with Gasteiger partial charge in [0.1, 0.15) is 11.4 Å². The van der Waals surface area contributed by atoms with Crippen molar-refractivity contribution in [1.82, 2.24) is 9.97 Å². The van der Waals surface area contributed by atoms with E-state index in [1.165, 1.54) is 5.56 Å². The van der Waals surface area contributed by atoms with Crippen LogP contribution in [0.1, 0.15) is 42.6 Å². The van der Waals surface area contributed by atoms with E-state index in [9.17, 15) is 4.79 Å². The van der Waals surface area contributed by atoms with Gasteiger partial charge in [-0.2, -0.15) is 0 Å². The Hall–Kier alpha value is -3.50. The number of thiocarbonyl (C=S) groups is 1. The van der Waals surface area contributed by atoms with Crippen LogP contribution in [-0.4, -0.2) is 26.5 Å². The topological polar surface area (TPSA) is 56.6 Å². The second-order valence-electron chi connectivity index (χ2n) is 8.78. The highest BCUT2D eigenvalue weighted by Crippen LogP contribution is 2.48. The summed E-state index contributed by atoms with van der Waals surface area (Å²) in [5.74, 6) is 1.05. The lowest BCUT2D eigenvalue weighted by Crippen LogP contribution is -2.55. The molecule has 3 aromatic rings. The maximum atomic E-state index is 13.6. The average Bonchev–Trinajstić information content (AvgIpc) is 3.38. The minimum Gasteiger partial charge on any atom is -0.349 e. The second-order valence-corrected chi connectivity index (χ2v) is 9.15. The summed E-state index contributed by atoms with van der Waals surface area (Å²) < 4.78 is 0. The largest absolute Gasteiger partial charge is 0.349 e. The summed E-state index contributed by atoms with van der Waals surface area (Å²) in [5.41, 5.74) is 3.79. The molecular formula is C26H25N5OS. The van der Waals surface area contributed by atoms with E-state index in [0.717, 1.165) is 61.3 Å². The lowest BCUT2D eigenvalue weighted by atomic mass is 9.75. The predicted molar refractivity (Wildman–Crippen MR) is 134 cm³/mol. The first-order valence-corrected chi connectivity index (χ1v) is 11.7. The monoisotopic (exact) mass is 455 g/mol. The summed E-state index contributed by atoms with van der Waals surface area (Å²) in [5, 5.41) is 0.514. The van der Waals surface area contributed by atoms with E-state index >= 15 is 0 Å². The highest BCUT2D eigenvalue weighted by molar-refractivity contribution is 7.81. The van der Waals surface area contributed by atoms with E-state index in [4.69, 9.17) is 18.8 Å². The molecule has 166 valence electrons. The molecule has 1 saturated heterocycles. The van der Waals surface area contributed by atoms with E-state index in [0.29, 0.717) is 10.8 Å². The minimum absolute atomic E-state index is 0.0382. The summed E-state index contributed by atoms with van der Waals surface area (Å²) in [6.07, 6.45) is 9.15. The summed E-state index contributed by atoms with van der Waals surface area (Å²) in [6, 6.07) is 13.9. The van der Waals surface area contributed by atoms with Crippen LogP contribution in [0.4, 0.5) is 17.1 Å². The summed E-state index contributed by atoms with van der Waals surface area (Å²) >= 11 is 5.87. The fourth-order valence-corrected chi connectivity index (χ4v) is 5.29. The molecule has 1 amide bonds. The Bertz CT molecular complexity index is 1240. The lowest BCUT2D eigenvalue weighted by Gasteiger charge is -2.43. The standard InChI is InChI=1S/C26H25N5OS/c1-18-17-21(11-12-22(18)27-2)30-24(32)26(13-4-14-26)31(25(30)33)20-9-7-19(8-10-20)5-3-6-23-28-15-16-29-23/h7-12,15-17H,3-6,13-14H2,1H3,(H,28,29). The van der Waals surface area contributed by atoms with Crippen molar-refractivity contribution in [1.29, 1.82) is 0 Å². The van der Waals surface area contributed by atoms with Crippen LogP contribution in [0.2, 0.25) is 0 Å². The summed E-state index contributed by atoms with van der Waals surface area (Å²) in [7, 11) is 0. The van der Waals surface area contributed by atoms with Gasteiger partial charge in [0.25, 0.3) is 5.91 Å². The average molecular weight is 456 g/mol. The SMILES string of the molecule is [C-]#[N+]c1ccc(N2C(=O)C3(CCC3)N(c3ccc(CCCc4ncc[nH]4)cc3)C2=S)cc1C. The van der Waals surface area contributed by atoms with Crippen molar-refractivity contribution in [2.24, 2.45) is 0 Å². The molecule has 6 nitrogen and oxygen atoms in total. The molecule has 2 aromatic carbocycles. The van der Waals surface area contributed by atoms with Gasteiger partial charge in [-0.25, -0.2) is 9.83 Å². The molecular weight excluding hydrogens is 430 g/mol. The smallest absolute Gasteiger partial charge is 0.259 e. The molecule has 1 aromatic heterocycles. The van der Waals surface area contributed by atoms with E-state index < -0.39 is 5.54 Å². The van der Waals surface area contributed by atoms with Gasteiger partial charge in [0.2, 0.25) is 0 Å². The molecule has 2 aliphatic rings. The molecule has 1 saturated carbocycles. The molecule has 1 aliphatic carbocycles. The number of carbonyl (C=O) groups is 1. The van der Waals surface area contributed by atoms with Crippen LogP contribution < -0.4 is 9.80 Å². The third kappa shape index (κ3) is 3.61. The first-order chi connectivity index (χ1) is 16.0. The maximum Gasteiger partial charge on any atom is 0.259 e. The number of nitrogens with one attached hydrogen (secondary N) is 1. The van der Waals surface area contributed by atoms with Crippen LogP contribution in [0.25, 0.3) is 4.85 Å². The van der Waals surface area contributed by atoms with Crippen LogP contribution in [0.3, 0.4) is 0 Å². The van der Waals surface area contributed by atoms with Crippen molar-refractivity contribution in [3.05, 3.63) is 83.2 Å². The normalized spacial score (nSPS) is 16.8. The molecule has 5 rings (SSSR count). The highest BCUT2D eigenvalue weighted by atomic mass is 32.1. The van der Waals surface area contributed by atoms with Crippen LogP contribution in [0, 0.1) is 13.5 Å². The number of hydrogen-bond acceptors (Lipinski definition) is 3. The molecule has 1 spiro atoms. The molecule has 0 bridgehead atoms. The van der Waals surface area contributed by atoms with Gasteiger partial charge in [0, 0.05) is 30.2 Å². The Morgan fingerprint density at radius 1 is 1.15 bits per heavy atom. The molecule has 7 heteroatoms. The van der Waals surface area contributed by atoms with Gasteiger partial charge in [-0.1, -0.05) is 18.2 Å². The van der Waals surface area contributed by atoms with Crippen LogP contribution in [0.5, 0.6) is 0 Å². The summed E-state index contributed by atoms with van der Waals surface area (Å²) in [4.78, 5) is 28.3. The van der Waals surface area contributed by atoms with E-state index in [-0.39, 0.29) is 5.91 Å². The fourth-order valence-electron chi connectivity index (χ4n) is 4.82. The zero-order valence-corrected chi connectivity index (χ0v) is 19.4. The Kier molecular flexibility index (Phi) is 5.47. The number of rotatable bonds is 6. The van der Waals surface area contributed by atoms with Crippen LogP contribution >= 0.6 is 12.2 Å². The van der Waals surface area contributed by atoms with Gasteiger partial charge >= 0.3 is 0 Å². The van der Waals surface area contributed by atoms with Gasteiger partial charge in [0.15, 0.2) is 10.8 Å². The lowest BCUT2D eigenvalue weighted by molar-refractivity contribution is -0.123. The molecule has 2 fully saturated rings. The Balaban J connectivity index is 1.38. The number of nitrogens with zero attached hydrogens (tertiary/aromatic N) is 4. The Morgan fingerprint density at radius 3 is 2.52 bits per heavy atom. The predicted octanol–water partition coefficient (Wildman–Crippen LogP) is 5.51. The van der Waals surface area contributed by atoms with Crippen molar-refractivity contribution in [2.45, 2.75) is 51.0 Å². The minimum atomic E-state index is -0.593. The van der Waals surface area contributed by atoms with Crippen molar-refractivity contribution in [3.63, 3.8) is 0 Å². The number of anilines is 2. The number of H-pyrrole nitrogens is 1. The summed E-state index contributed by atoms with van der Waals surface area (Å²) in [6.45, 7) is 9.18. The zero-order chi connectivity index (χ0) is 23.0. The molecule has 0 radical (unpaired) electrons.